The summed E-state index contributed by atoms with van der Waals surface area (Å²) < 4.78 is 0. The Morgan fingerprint density at radius 2 is 1.72 bits per heavy atom. The fraction of sp³-hybridized carbons (Fsp3) is 0.933. The van der Waals surface area contributed by atoms with Gasteiger partial charge in [-0.05, 0) is 44.4 Å². The Bertz CT molecular complexity index is 255. The monoisotopic (exact) mass is 252 g/mol. The van der Waals surface area contributed by atoms with Crippen LogP contribution >= 0.6 is 0 Å². The highest BCUT2D eigenvalue weighted by atomic mass is 16.1. The lowest BCUT2D eigenvalue weighted by molar-refractivity contribution is -0.122. The van der Waals surface area contributed by atoms with Gasteiger partial charge < -0.3 is 10.6 Å². The van der Waals surface area contributed by atoms with Gasteiger partial charge in [0.1, 0.15) is 0 Å². The molecule has 0 aliphatic heterocycles. The van der Waals surface area contributed by atoms with Gasteiger partial charge >= 0.3 is 0 Å². The summed E-state index contributed by atoms with van der Waals surface area (Å²) in [6.45, 7) is 3.11. The number of carbonyl (C=O) groups excluding carboxylic acids is 1. The Balaban J connectivity index is 1.54. The van der Waals surface area contributed by atoms with Crippen LogP contribution in [0.15, 0.2) is 0 Å². The van der Waals surface area contributed by atoms with Crippen molar-refractivity contribution in [1.82, 2.24) is 10.6 Å². The normalized spacial score (nSPS) is 28.1. The number of carbonyl (C=O) groups is 1. The van der Waals surface area contributed by atoms with E-state index in [9.17, 15) is 4.79 Å². The van der Waals surface area contributed by atoms with Gasteiger partial charge in [-0.25, -0.2) is 0 Å². The first-order valence-electron chi connectivity index (χ1n) is 7.80. The van der Waals surface area contributed by atoms with Crippen molar-refractivity contribution in [3.63, 3.8) is 0 Å². The first-order valence-corrected chi connectivity index (χ1v) is 7.80. The quantitative estimate of drug-likeness (QED) is 0.731. The second kappa shape index (κ2) is 7.13. The molecule has 0 aromatic rings. The molecule has 2 N–H and O–H groups in total. The van der Waals surface area contributed by atoms with E-state index in [-0.39, 0.29) is 5.91 Å². The Morgan fingerprint density at radius 3 is 2.33 bits per heavy atom. The number of rotatable bonds is 7. The number of nitrogens with one attached hydrogen (secondary N) is 2. The molecule has 0 heterocycles. The summed E-state index contributed by atoms with van der Waals surface area (Å²) in [4.78, 5) is 11.8. The Labute approximate surface area is 111 Å². The van der Waals surface area contributed by atoms with Crippen LogP contribution in [0.1, 0.15) is 64.7 Å². The summed E-state index contributed by atoms with van der Waals surface area (Å²) in [7, 11) is 0. The van der Waals surface area contributed by atoms with E-state index in [4.69, 9.17) is 0 Å². The number of amides is 1. The van der Waals surface area contributed by atoms with Crippen molar-refractivity contribution in [2.45, 2.75) is 76.8 Å². The van der Waals surface area contributed by atoms with E-state index < -0.39 is 0 Å². The van der Waals surface area contributed by atoms with Crippen molar-refractivity contribution >= 4 is 5.91 Å². The first-order chi connectivity index (χ1) is 8.78. The van der Waals surface area contributed by atoms with Gasteiger partial charge in [0, 0.05) is 25.0 Å². The molecule has 2 saturated carbocycles. The maximum Gasteiger partial charge on any atom is 0.221 e. The molecule has 0 spiro atoms. The van der Waals surface area contributed by atoms with Gasteiger partial charge in [0.2, 0.25) is 5.91 Å². The number of hydrogen-bond donors (Lipinski definition) is 2. The average molecular weight is 252 g/mol. The van der Waals surface area contributed by atoms with Gasteiger partial charge in [0.25, 0.3) is 0 Å². The molecule has 0 bridgehead atoms. The van der Waals surface area contributed by atoms with E-state index in [2.05, 4.69) is 17.6 Å². The second-order valence-corrected chi connectivity index (χ2v) is 6.05. The van der Waals surface area contributed by atoms with Crippen molar-refractivity contribution < 1.29 is 4.79 Å². The van der Waals surface area contributed by atoms with Gasteiger partial charge in [-0.3, -0.25) is 4.79 Å². The zero-order valence-corrected chi connectivity index (χ0v) is 11.7. The number of hydrogen-bond acceptors (Lipinski definition) is 2. The molecule has 2 aliphatic rings. The minimum atomic E-state index is 0.238. The Kier molecular flexibility index (Phi) is 5.48. The third kappa shape index (κ3) is 4.97. The van der Waals surface area contributed by atoms with Crippen molar-refractivity contribution in [2.75, 3.05) is 6.54 Å². The summed E-state index contributed by atoms with van der Waals surface area (Å²) in [5.74, 6) is 1.15. The molecule has 0 saturated heterocycles. The van der Waals surface area contributed by atoms with Gasteiger partial charge in [-0.2, -0.15) is 0 Å². The van der Waals surface area contributed by atoms with Crippen LogP contribution in [0.25, 0.3) is 0 Å². The van der Waals surface area contributed by atoms with Crippen molar-refractivity contribution in [1.29, 1.82) is 0 Å². The molecule has 18 heavy (non-hydrogen) atoms. The largest absolute Gasteiger partial charge is 0.353 e. The fourth-order valence-corrected chi connectivity index (χ4v) is 2.98. The molecule has 104 valence electrons. The summed E-state index contributed by atoms with van der Waals surface area (Å²) >= 11 is 0. The van der Waals surface area contributed by atoms with Crippen LogP contribution in [-0.4, -0.2) is 24.5 Å². The molecule has 2 aliphatic carbocycles. The minimum absolute atomic E-state index is 0.238. The van der Waals surface area contributed by atoms with Crippen molar-refractivity contribution in [2.24, 2.45) is 5.92 Å². The van der Waals surface area contributed by atoms with Crippen LogP contribution < -0.4 is 10.6 Å². The van der Waals surface area contributed by atoms with E-state index in [1.54, 1.807) is 0 Å². The molecule has 0 aromatic carbocycles. The van der Waals surface area contributed by atoms with Gasteiger partial charge in [-0.1, -0.05) is 19.8 Å². The highest BCUT2D eigenvalue weighted by Crippen LogP contribution is 2.27. The maximum atomic E-state index is 11.8. The lowest BCUT2D eigenvalue weighted by atomic mass is 9.83. The zero-order chi connectivity index (χ0) is 12.8. The van der Waals surface area contributed by atoms with Crippen LogP contribution in [0.4, 0.5) is 0 Å². The summed E-state index contributed by atoms with van der Waals surface area (Å²) in [6.07, 6.45) is 10.9. The fourth-order valence-electron chi connectivity index (χ4n) is 2.98. The predicted octanol–water partition coefficient (Wildman–Crippen LogP) is 2.60. The molecule has 0 unspecified atom stereocenters. The van der Waals surface area contributed by atoms with E-state index >= 15 is 0 Å². The Hall–Kier alpha value is -0.570. The molecular formula is C15H28N2O. The topological polar surface area (TPSA) is 41.1 Å². The third-order valence-electron chi connectivity index (χ3n) is 4.27. The molecule has 1 amide bonds. The van der Waals surface area contributed by atoms with Crippen LogP contribution in [0.2, 0.25) is 0 Å². The molecule has 0 aromatic heterocycles. The predicted molar refractivity (Wildman–Crippen MR) is 74.4 cm³/mol. The summed E-state index contributed by atoms with van der Waals surface area (Å²) in [6, 6.07) is 1.16. The smallest absolute Gasteiger partial charge is 0.221 e. The lowest BCUT2D eigenvalue weighted by Crippen LogP contribution is -2.38. The first kappa shape index (κ1) is 13.9. The molecule has 3 nitrogen and oxygen atoms in total. The van der Waals surface area contributed by atoms with E-state index in [1.165, 1.54) is 51.4 Å². The molecule has 2 fully saturated rings. The van der Waals surface area contributed by atoms with Crippen LogP contribution in [-0.2, 0) is 4.79 Å². The molecule has 0 radical (unpaired) electrons. The van der Waals surface area contributed by atoms with Gasteiger partial charge in [0.05, 0.1) is 0 Å². The third-order valence-corrected chi connectivity index (χ3v) is 4.27. The second-order valence-electron chi connectivity index (χ2n) is 6.05. The molecule has 2 rings (SSSR count). The molecule has 3 heteroatoms. The average Bonchev–Trinajstić information content (AvgIpc) is 3.16. The lowest BCUT2D eigenvalue weighted by Gasteiger charge is -2.29. The molecular weight excluding hydrogens is 224 g/mol. The summed E-state index contributed by atoms with van der Waals surface area (Å²) in [5, 5.41) is 6.58. The summed E-state index contributed by atoms with van der Waals surface area (Å²) in [5.41, 5.74) is 0. The standard InChI is InChI=1S/C15H28N2O/c1-2-3-12-4-6-14(7-5-12)17-15(18)10-11-16-13-8-9-13/h12-14,16H,2-11H2,1H3,(H,17,18). The van der Waals surface area contributed by atoms with E-state index in [0.717, 1.165) is 12.5 Å². The highest BCUT2D eigenvalue weighted by molar-refractivity contribution is 5.76. The van der Waals surface area contributed by atoms with E-state index in [0.29, 0.717) is 18.5 Å². The van der Waals surface area contributed by atoms with Gasteiger partial charge in [-0.15, -0.1) is 0 Å². The SMILES string of the molecule is CCCC1CCC(NC(=O)CCNC2CC2)CC1. The van der Waals surface area contributed by atoms with Crippen LogP contribution in [0.5, 0.6) is 0 Å². The highest BCUT2D eigenvalue weighted by Gasteiger charge is 2.22. The van der Waals surface area contributed by atoms with E-state index in [1.807, 2.05) is 0 Å². The zero-order valence-electron chi connectivity index (χ0n) is 11.7. The van der Waals surface area contributed by atoms with Crippen molar-refractivity contribution in [3.05, 3.63) is 0 Å². The Morgan fingerprint density at radius 1 is 1.06 bits per heavy atom. The van der Waals surface area contributed by atoms with Crippen LogP contribution in [0.3, 0.4) is 0 Å². The maximum absolute atomic E-state index is 11.8. The van der Waals surface area contributed by atoms with Crippen LogP contribution in [0, 0.1) is 5.92 Å². The van der Waals surface area contributed by atoms with Gasteiger partial charge in [0.15, 0.2) is 0 Å². The molecule has 0 atom stereocenters. The minimum Gasteiger partial charge on any atom is -0.353 e. The van der Waals surface area contributed by atoms with Crippen molar-refractivity contribution in [3.8, 4) is 0 Å².